The van der Waals surface area contributed by atoms with Crippen LogP contribution < -0.4 is 0 Å². The molecule has 0 atom stereocenters. The van der Waals surface area contributed by atoms with E-state index in [1.54, 1.807) is 0 Å². The molecule has 0 aliphatic carbocycles. The van der Waals surface area contributed by atoms with E-state index in [0.717, 1.165) is 16.9 Å². The van der Waals surface area contributed by atoms with Crippen molar-refractivity contribution in [1.29, 1.82) is 0 Å². The van der Waals surface area contributed by atoms with E-state index in [0.29, 0.717) is 5.41 Å². The molecule has 0 radical (unpaired) electrons. The van der Waals surface area contributed by atoms with Gasteiger partial charge in [-0.05, 0) is 33.5 Å². The fraction of sp³-hybridized carbons (Fsp3) is 0.556. The molecule has 0 N–H and O–H groups in total. The highest BCUT2D eigenvalue weighted by Crippen LogP contribution is 2.23. The van der Waals surface area contributed by atoms with Crippen LogP contribution in [0.5, 0.6) is 0 Å². The van der Waals surface area contributed by atoms with E-state index >= 15 is 0 Å². The molecule has 0 spiro atoms. The Morgan fingerprint density at radius 3 is 2.36 bits per heavy atom. The Bertz CT molecular complexity index is 232. The Balaban J connectivity index is 2.65. The molecule has 0 aromatic carbocycles. The summed E-state index contributed by atoms with van der Waals surface area (Å²) in [7, 11) is 0. The first-order valence-corrected chi connectivity index (χ1v) is 4.51. The highest BCUT2D eigenvalue weighted by molar-refractivity contribution is 9.10. The van der Waals surface area contributed by atoms with Crippen LogP contribution >= 0.6 is 15.9 Å². The number of rotatable bonds is 1. The molecule has 0 unspecified atom stereocenters. The first-order valence-electron chi connectivity index (χ1n) is 3.72. The van der Waals surface area contributed by atoms with Crippen molar-refractivity contribution in [2.45, 2.75) is 27.2 Å². The zero-order valence-electron chi connectivity index (χ0n) is 7.15. The third-order valence-electron chi connectivity index (χ3n) is 1.33. The van der Waals surface area contributed by atoms with Crippen molar-refractivity contribution in [1.82, 2.24) is 0 Å². The van der Waals surface area contributed by atoms with Gasteiger partial charge >= 0.3 is 0 Å². The van der Waals surface area contributed by atoms with E-state index in [9.17, 15) is 0 Å². The predicted octanol–water partition coefficient (Wildman–Crippen LogP) is 3.63. The van der Waals surface area contributed by atoms with Gasteiger partial charge < -0.3 is 4.42 Å². The topological polar surface area (TPSA) is 13.1 Å². The van der Waals surface area contributed by atoms with Crippen LogP contribution in [0.2, 0.25) is 0 Å². The summed E-state index contributed by atoms with van der Waals surface area (Å²) < 4.78 is 6.19. The Hall–Kier alpha value is -0.240. The zero-order chi connectivity index (χ0) is 8.48. The minimum Gasteiger partial charge on any atom is -0.454 e. The van der Waals surface area contributed by atoms with Gasteiger partial charge in [0.15, 0.2) is 4.67 Å². The van der Waals surface area contributed by atoms with Crippen molar-refractivity contribution in [2.75, 3.05) is 0 Å². The zero-order valence-corrected chi connectivity index (χ0v) is 8.73. The third kappa shape index (κ3) is 3.10. The molecule has 0 fully saturated rings. The highest BCUT2D eigenvalue weighted by atomic mass is 79.9. The molecule has 1 heterocycles. The lowest BCUT2D eigenvalue weighted by Gasteiger charge is -2.15. The molecule has 11 heavy (non-hydrogen) atoms. The van der Waals surface area contributed by atoms with Gasteiger partial charge in [-0.25, -0.2) is 0 Å². The Kier molecular flexibility index (Phi) is 2.43. The number of furan rings is 1. The van der Waals surface area contributed by atoms with Crippen LogP contribution in [0.15, 0.2) is 21.2 Å². The fourth-order valence-corrected chi connectivity index (χ4v) is 1.31. The van der Waals surface area contributed by atoms with Crippen LogP contribution in [0.25, 0.3) is 0 Å². The van der Waals surface area contributed by atoms with Crippen LogP contribution in [0.3, 0.4) is 0 Å². The van der Waals surface area contributed by atoms with Crippen LogP contribution in [0, 0.1) is 5.41 Å². The first-order chi connectivity index (χ1) is 4.97. The molecular formula is C9H13BrO. The average Bonchev–Trinajstić information content (AvgIpc) is 2.10. The molecular weight excluding hydrogens is 204 g/mol. The van der Waals surface area contributed by atoms with Gasteiger partial charge in [0.25, 0.3) is 0 Å². The van der Waals surface area contributed by atoms with Crippen molar-refractivity contribution in [3.8, 4) is 0 Å². The molecule has 1 aromatic rings. The molecule has 0 saturated carbocycles. The lowest BCUT2D eigenvalue weighted by atomic mass is 9.91. The number of hydrogen-bond donors (Lipinski definition) is 0. The maximum absolute atomic E-state index is 5.38. The summed E-state index contributed by atoms with van der Waals surface area (Å²) >= 11 is 3.27. The standard InChI is InChI=1S/C9H13BrO/c1-9(2,3)6-7-4-5-8(10)11-7/h4-5H,6H2,1-3H3. The van der Waals surface area contributed by atoms with Gasteiger partial charge in [-0.3, -0.25) is 0 Å². The van der Waals surface area contributed by atoms with Crippen LogP contribution in [0.1, 0.15) is 26.5 Å². The second kappa shape index (κ2) is 3.02. The Morgan fingerprint density at radius 2 is 2.00 bits per heavy atom. The maximum Gasteiger partial charge on any atom is 0.169 e. The molecule has 2 heteroatoms. The van der Waals surface area contributed by atoms with Crippen molar-refractivity contribution < 1.29 is 4.42 Å². The van der Waals surface area contributed by atoms with Crippen LogP contribution in [-0.4, -0.2) is 0 Å². The van der Waals surface area contributed by atoms with Gasteiger partial charge in [0.2, 0.25) is 0 Å². The van der Waals surface area contributed by atoms with Crippen LogP contribution in [-0.2, 0) is 6.42 Å². The third-order valence-corrected chi connectivity index (χ3v) is 1.76. The minimum absolute atomic E-state index is 0.303. The van der Waals surface area contributed by atoms with E-state index in [4.69, 9.17) is 4.42 Å². The SMILES string of the molecule is CC(C)(C)Cc1ccc(Br)o1. The summed E-state index contributed by atoms with van der Waals surface area (Å²) in [5.41, 5.74) is 0.303. The molecule has 0 aliphatic rings. The lowest BCUT2D eigenvalue weighted by molar-refractivity contribution is 0.358. The van der Waals surface area contributed by atoms with Gasteiger partial charge in [-0.15, -0.1) is 0 Å². The highest BCUT2D eigenvalue weighted by Gasteiger charge is 2.13. The smallest absolute Gasteiger partial charge is 0.169 e. The van der Waals surface area contributed by atoms with Crippen molar-refractivity contribution in [2.24, 2.45) is 5.41 Å². The summed E-state index contributed by atoms with van der Waals surface area (Å²) in [5.74, 6) is 1.05. The second-order valence-corrected chi connectivity index (χ2v) is 4.72. The van der Waals surface area contributed by atoms with Crippen LogP contribution in [0.4, 0.5) is 0 Å². The quantitative estimate of drug-likeness (QED) is 0.699. The van der Waals surface area contributed by atoms with E-state index in [-0.39, 0.29) is 0 Å². The number of hydrogen-bond acceptors (Lipinski definition) is 1. The van der Waals surface area contributed by atoms with E-state index in [1.807, 2.05) is 12.1 Å². The van der Waals surface area contributed by atoms with Crippen molar-refractivity contribution >= 4 is 15.9 Å². The van der Waals surface area contributed by atoms with Gasteiger partial charge in [0, 0.05) is 6.42 Å². The summed E-state index contributed by atoms with van der Waals surface area (Å²) in [6.45, 7) is 6.59. The summed E-state index contributed by atoms with van der Waals surface area (Å²) in [4.78, 5) is 0. The fourth-order valence-electron chi connectivity index (χ4n) is 0.969. The molecule has 1 aromatic heterocycles. The van der Waals surface area contributed by atoms with Gasteiger partial charge in [-0.1, -0.05) is 20.8 Å². The summed E-state index contributed by atoms with van der Waals surface area (Å²) in [6, 6.07) is 3.94. The first kappa shape index (κ1) is 8.85. The molecule has 0 saturated heterocycles. The van der Waals surface area contributed by atoms with E-state index in [2.05, 4.69) is 36.7 Å². The predicted molar refractivity (Wildman–Crippen MR) is 49.6 cm³/mol. The summed E-state index contributed by atoms with van der Waals surface area (Å²) in [6.07, 6.45) is 0.985. The van der Waals surface area contributed by atoms with Gasteiger partial charge in [0.05, 0.1) is 0 Å². The maximum atomic E-state index is 5.38. The molecule has 0 aliphatic heterocycles. The lowest BCUT2D eigenvalue weighted by Crippen LogP contribution is -2.08. The van der Waals surface area contributed by atoms with E-state index < -0.39 is 0 Å². The Labute approximate surface area is 75.9 Å². The molecule has 62 valence electrons. The van der Waals surface area contributed by atoms with Crippen molar-refractivity contribution in [3.05, 3.63) is 22.6 Å². The number of halogens is 1. The van der Waals surface area contributed by atoms with Crippen molar-refractivity contribution in [3.63, 3.8) is 0 Å². The largest absolute Gasteiger partial charge is 0.454 e. The molecule has 1 rings (SSSR count). The minimum atomic E-state index is 0.303. The average molecular weight is 217 g/mol. The molecule has 0 bridgehead atoms. The Morgan fingerprint density at radius 1 is 1.36 bits per heavy atom. The van der Waals surface area contributed by atoms with Gasteiger partial charge in [-0.2, -0.15) is 0 Å². The molecule has 0 amide bonds. The van der Waals surface area contributed by atoms with E-state index in [1.165, 1.54) is 0 Å². The monoisotopic (exact) mass is 216 g/mol. The molecule has 1 nitrogen and oxygen atoms in total. The van der Waals surface area contributed by atoms with Gasteiger partial charge in [0.1, 0.15) is 5.76 Å². The second-order valence-electron chi connectivity index (χ2n) is 3.94. The normalized spacial score (nSPS) is 12.0. The summed E-state index contributed by atoms with van der Waals surface area (Å²) in [5, 5.41) is 0.